The molecule has 4 bridgehead atoms. The molecule has 5 aliphatic rings. The molecule has 1 aliphatic carbocycles. The number of nitrogens with zero attached hydrogens (tertiary/aromatic N) is 10. The van der Waals surface area contributed by atoms with Crippen LogP contribution in [0.15, 0.2) is 6.33 Å². The topological polar surface area (TPSA) is 92.6 Å². The Labute approximate surface area is 216 Å². The van der Waals surface area contributed by atoms with Crippen molar-refractivity contribution < 1.29 is 0 Å². The Morgan fingerprint density at radius 3 is 2.30 bits per heavy atom. The van der Waals surface area contributed by atoms with Crippen molar-refractivity contribution in [2.45, 2.75) is 96.7 Å². The Kier molecular flexibility index (Phi) is 4.48. The molecule has 4 aliphatic heterocycles. The van der Waals surface area contributed by atoms with Gasteiger partial charge in [0, 0.05) is 53.6 Å². The SMILES string of the molecule is Cc1nc2nc(CC(C)c3c(C)nc4ncnn4c3N3CC4CC3C4)nn2c(N2C3CCC2CC3)c1C. The molecule has 0 aromatic carbocycles. The molecule has 5 fully saturated rings. The van der Waals surface area contributed by atoms with Crippen molar-refractivity contribution >= 4 is 23.2 Å². The fourth-order valence-corrected chi connectivity index (χ4v) is 7.73. The van der Waals surface area contributed by atoms with Crippen molar-refractivity contribution in [3.63, 3.8) is 0 Å². The van der Waals surface area contributed by atoms with Gasteiger partial charge in [0.1, 0.15) is 18.0 Å². The van der Waals surface area contributed by atoms with Gasteiger partial charge in [0.2, 0.25) is 0 Å². The lowest BCUT2D eigenvalue weighted by Crippen LogP contribution is -2.32. The maximum absolute atomic E-state index is 5.09. The molecule has 0 amide bonds. The third-order valence-corrected chi connectivity index (χ3v) is 9.67. The van der Waals surface area contributed by atoms with E-state index in [1.807, 2.05) is 9.03 Å². The first-order valence-corrected chi connectivity index (χ1v) is 13.9. The van der Waals surface area contributed by atoms with E-state index in [4.69, 9.17) is 20.1 Å². The summed E-state index contributed by atoms with van der Waals surface area (Å²) in [6.07, 6.45) is 10.0. The van der Waals surface area contributed by atoms with Crippen molar-refractivity contribution in [1.29, 1.82) is 0 Å². The predicted molar refractivity (Wildman–Crippen MR) is 140 cm³/mol. The van der Waals surface area contributed by atoms with Crippen LogP contribution >= 0.6 is 0 Å². The average molecular weight is 499 g/mol. The van der Waals surface area contributed by atoms with Gasteiger partial charge in [-0.05, 0) is 71.1 Å². The summed E-state index contributed by atoms with van der Waals surface area (Å²) < 4.78 is 3.98. The molecule has 1 unspecified atom stereocenters. The smallest absolute Gasteiger partial charge is 0.254 e. The lowest BCUT2D eigenvalue weighted by molar-refractivity contribution is 0.380. The van der Waals surface area contributed by atoms with E-state index in [9.17, 15) is 0 Å². The lowest BCUT2D eigenvalue weighted by atomic mass is 9.86. The van der Waals surface area contributed by atoms with Gasteiger partial charge in [-0.15, -0.1) is 5.10 Å². The summed E-state index contributed by atoms with van der Waals surface area (Å²) in [6, 6.07) is 1.85. The van der Waals surface area contributed by atoms with Gasteiger partial charge in [-0.2, -0.15) is 24.1 Å². The third-order valence-electron chi connectivity index (χ3n) is 9.67. The third kappa shape index (κ3) is 3.04. The van der Waals surface area contributed by atoms with E-state index in [1.54, 1.807) is 6.33 Å². The summed E-state index contributed by atoms with van der Waals surface area (Å²) in [5, 5.41) is 9.67. The molecule has 0 radical (unpaired) electrons. The number of aryl methyl sites for hydroxylation is 2. The van der Waals surface area contributed by atoms with E-state index in [0.717, 1.165) is 36.1 Å². The molecule has 4 saturated heterocycles. The van der Waals surface area contributed by atoms with Gasteiger partial charge < -0.3 is 9.80 Å². The first-order valence-electron chi connectivity index (χ1n) is 13.9. The highest BCUT2D eigenvalue weighted by Crippen LogP contribution is 2.46. The molecule has 4 aromatic rings. The summed E-state index contributed by atoms with van der Waals surface area (Å²) in [4.78, 5) is 24.2. The molecule has 10 nitrogen and oxygen atoms in total. The summed E-state index contributed by atoms with van der Waals surface area (Å²) in [5.74, 6) is 5.59. The summed E-state index contributed by atoms with van der Waals surface area (Å²) >= 11 is 0. The van der Waals surface area contributed by atoms with Gasteiger partial charge in [-0.1, -0.05) is 6.92 Å². The average Bonchev–Trinajstić information content (AvgIpc) is 3.68. The molecule has 192 valence electrons. The molecular weight excluding hydrogens is 464 g/mol. The van der Waals surface area contributed by atoms with Crippen LogP contribution in [0.4, 0.5) is 11.6 Å². The molecule has 1 saturated carbocycles. The molecule has 8 heterocycles. The molecule has 10 heteroatoms. The van der Waals surface area contributed by atoms with Crippen LogP contribution < -0.4 is 9.80 Å². The monoisotopic (exact) mass is 498 g/mol. The molecule has 9 rings (SSSR count). The number of hydrogen-bond donors (Lipinski definition) is 0. The van der Waals surface area contributed by atoms with E-state index in [-0.39, 0.29) is 5.92 Å². The number of hydrogen-bond acceptors (Lipinski definition) is 8. The Bertz CT molecular complexity index is 1530. The van der Waals surface area contributed by atoms with Crippen molar-refractivity contribution in [3.05, 3.63) is 34.7 Å². The predicted octanol–water partition coefficient (Wildman–Crippen LogP) is 3.56. The zero-order chi connectivity index (χ0) is 25.0. The highest BCUT2D eigenvalue weighted by atomic mass is 15.4. The van der Waals surface area contributed by atoms with Crippen LogP contribution in [0.5, 0.6) is 0 Å². The van der Waals surface area contributed by atoms with E-state index in [1.165, 1.54) is 61.3 Å². The van der Waals surface area contributed by atoms with Crippen LogP contribution in [0.3, 0.4) is 0 Å². The quantitative estimate of drug-likeness (QED) is 0.412. The molecule has 0 N–H and O–H groups in total. The highest BCUT2D eigenvalue weighted by Gasteiger charge is 2.45. The zero-order valence-electron chi connectivity index (χ0n) is 22.1. The lowest BCUT2D eigenvalue weighted by Gasteiger charge is -2.30. The van der Waals surface area contributed by atoms with E-state index < -0.39 is 0 Å². The Morgan fingerprint density at radius 1 is 0.865 bits per heavy atom. The molecular formula is C27H34N10. The van der Waals surface area contributed by atoms with Crippen LogP contribution in [-0.4, -0.2) is 63.8 Å². The molecule has 4 aromatic heterocycles. The second kappa shape index (κ2) is 7.61. The highest BCUT2D eigenvalue weighted by molar-refractivity contribution is 5.59. The van der Waals surface area contributed by atoms with Gasteiger partial charge >= 0.3 is 0 Å². The maximum Gasteiger partial charge on any atom is 0.254 e. The van der Waals surface area contributed by atoms with Crippen LogP contribution in [0, 0.1) is 26.7 Å². The van der Waals surface area contributed by atoms with Crippen LogP contribution in [0.2, 0.25) is 0 Å². The van der Waals surface area contributed by atoms with Crippen LogP contribution in [0.1, 0.15) is 79.7 Å². The van der Waals surface area contributed by atoms with Gasteiger partial charge in [-0.25, -0.2) is 9.97 Å². The summed E-state index contributed by atoms with van der Waals surface area (Å²) in [7, 11) is 0. The fraction of sp³-hybridized carbons (Fsp3) is 0.630. The standard InChI is InChI=1S/C27H34N10/c1-14(23-17(4)31-26-28-13-29-36(26)25(23)34-12-18-10-21(34)11-18)9-22-32-27-30-16(3)15(2)24(37(27)33-22)35-19-5-6-20(35)8-7-19/h13-14,18-21H,5-12H2,1-4H3. The Balaban J connectivity index is 1.20. The van der Waals surface area contributed by atoms with E-state index >= 15 is 0 Å². The molecule has 37 heavy (non-hydrogen) atoms. The van der Waals surface area contributed by atoms with E-state index in [2.05, 4.69) is 47.6 Å². The minimum Gasteiger partial charge on any atom is -0.353 e. The molecule has 1 atom stereocenters. The van der Waals surface area contributed by atoms with Gasteiger partial charge in [0.05, 0.1) is 0 Å². The maximum atomic E-state index is 5.09. The largest absolute Gasteiger partial charge is 0.353 e. The Hall–Kier alpha value is -3.30. The first-order chi connectivity index (χ1) is 18.0. The first kappa shape index (κ1) is 21.8. The number of aromatic nitrogens is 8. The van der Waals surface area contributed by atoms with Crippen molar-refractivity contribution in [2.24, 2.45) is 5.92 Å². The molecule has 0 spiro atoms. The van der Waals surface area contributed by atoms with Crippen LogP contribution in [0.25, 0.3) is 11.6 Å². The van der Waals surface area contributed by atoms with Gasteiger partial charge in [0.25, 0.3) is 11.6 Å². The number of fused-ring (bicyclic) bond motifs is 5. The Morgan fingerprint density at radius 2 is 1.59 bits per heavy atom. The second-order valence-electron chi connectivity index (χ2n) is 11.9. The summed E-state index contributed by atoms with van der Waals surface area (Å²) in [5.41, 5.74) is 4.54. The van der Waals surface area contributed by atoms with Crippen molar-refractivity contribution in [1.82, 2.24) is 39.2 Å². The fourth-order valence-electron chi connectivity index (χ4n) is 7.73. The minimum absolute atomic E-state index is 0.180. The van der Waals surface area contributed by atoms with Gasteiger partial charge in [-0.3, -0.25) is 0 Å². The van der Waals surface area contributed by atoms with Crippen LogP contribution in [-0.2, 0) is 6.42 Å². The van der Waals surface area contributed by atoms with E-state index in [0.29, 0.717) is 29.7 Å². The van der Waals surface area contributed by atoms with Crippen molar-refractivity contribution in [2.75, 3.05) is 16.3 Å². The normalized spacial score (nSPS) is 27.1. The zero-order valence-corrected chi connectivity index (χ0v) is 22.1. The number of rotatable bonds is 5. The minimum atomic E-state index is 0.180. The van der Waals surface area contributed by atoms with Gasteiger partial charge in [0.15, 0.2) is 5.82 Å². The number of anilines is 2. The van der Waals surface area contributed by atoms with Crippen molar-refractivity contribution in [3.8, 4) is 0 Å². The second-order valence-corrected chi connectivity index (χ2v) is 11.9. The summed E-state index contributed by atoms with van der Waals surface area (Å²) in [6.45, 7) is 9.77.